The van der Waals surface area contributed by atoms with Crippen molar-refractivity contribution in [2.75, 3.05) is 13.2 Å². The summed E-state index contributed by atoms with van der Waals surface area (Å²) in [6, 6.07) is 0. The van der Waals surface area contributed by atoms with Crippen LogP contribution < -0.4 is 0 Å². The van der Waals surface area contributed by atoms with Gasteiger partial charge in [0.25, 0.3) is 0 Å². The zero-order valence-electron chi connectivity index (χ0n) is 18.3. The van der Waals surface area contributed by atoms with Gasteiger partial charge in [0.2, 0.25) is 0 Å². The fourth-order valence-corrected chi connectivity index (χ4v) is 3.38. The van der Waals surface area contributed by atoms with Gasteiger partial charge >= 0.3 is 11.9 Å². The van der Waals surface area contributed by atoms with Crippen LogP contribution in [0.1, 0.15) is 99.8 Å². The summed E-state index contributed by atoms with van der Waals surface area (Å²) in [4.78, 5) is 25.3. The highest BCUT2D eigenvalue weighted by molar-refractivity contribution is 5.99. The molecule has 26 heavy (non-hydrogen) atoms. The summed E-state index contributed by atoms with van der Waals surface area (Å²) in [6.45, 7) is 15.2. The molecule has 154 valence electrons. The molecule has 0 rings (SSSR count). The average molecular weight is 371 g/mol. The number of hydrogen-bond donors (Lipinski definition) is 0. The van der Waals surface area contributed by atoms with Crippen LogP contribution in [0.15, 0.2) is 0 Å². The first-order valence-electron chi connectivity index (χ1n) is 10.5. The lowest BCUT2D eigenvalue weighted by Gasteiger charge is -2.28. The van der Waals surface area contributed by atoms with Crippen LogP contribution in [0.25, 0.3) is 0 Å². The number of unbranched alkanes of at least 4 members (excludes halogenated alkanes) is 4. The maximum Gasteiger partial charge on any atom is 0.323 e. The van der Waals surface area contributed by atoms with Crippen molar-refractivity contribution in [1.82, 2.24) is 0 Å². The lowest BCUT2D eigenvalue weighted by atomic mass is 9.82. The first-order valence-corrected chi connectivity index (χ1v) is 10.5. The van der Waals surface area contributed by atoms with E-state index in [1.165, 1.54) is 12.8 Å². The van der Waals surface area contributed by atoms with E-state index in [1.54, 1.807) is 0 Å². The molecule has 0 saturated heterocycles. The van der Waals surface area contributed by atoms with Gasteiger partial charge in [-0.15, -0.1) is 0 Å². The Bertz CT molecular complexity index is 405. The van der Waals surface area contributed by atoms with Crippen molar-refractivity contribution in [3.63, 3.8) is 0 Å². The van der Waals surface area contributed by atoms with Crippen molar-refractivity contribution in [3.05, 3.63) is 0 Å². The van der Waals surface area contributed by atoms with Gasteiger partial charge in [0, 0.05) is 0 Å². The molecule has 0 saturated carbocycles. The van der Waals surface area contributed by atoms with Gasteiger partial charge in [0.1, 0.15) is 0 Å². The normalized spacial score (nSPS) is 13.3. The maximum atomic E-state index is 12.7. The van der Waals surface area contributed by atoms with Crippen molar-refractivity contribution >= 4 is 11.9 Å². The third-order valence-corrected chi connectivity index (χ3v) is 4.93. The molecule has 0 aliphatic carbocycles. The second-order valence-electron chi connectivity index (χ2n) is 8.81. The third kappa shape index (κ3) is 9.05. The summed E-state index contributed by atoms with van der Waals surface area (Å²) >= 11 is 0. The second-order valence-corrected chi connectivity index (χ2v) is 8.81. The van der Waals surface area contributed by atoms with E-state index in [0.29, 0.717) is 26.1 Å². The summed E-state index contributed by atoms with van der Waals surface area (Å²) in [5, 5.41) is 0. The Morgan fingerprint density at radius 3 is 1.88 bits per heavy atom. The minimum absolute atomic E-state index is 0.190. The van der Waals surface area contributed by atoms with Crippen LogP contribution in [0.3, 0.4) is 0 Å². The molecule has 0 aromatic heterocycles. The molecule has 0 amide bonds. The molecule has 0 heterocycles. The van der Waals surface area contributed by atoms with Crippen LogP contribution in [0.2, 0.25) is 0 Å². The van der Waals surface area contributed by atoms with E-state index in [9.17, 15) is 9.59 Å². The number of hydrogen-bond acceptors (Lipinski definition) is 4. The molecule has 0 N–H and O–H groups in total. The SMILES string of the molecule is CCCCCCCOC(=O)C(CC)(CC)C(=O)OCC(C)CC(C)(C)C. The highest BCUT2D eigenvalue weighted by Crippen LogP contribution is 2.31. The Morgan fingerprint density at radius 2 is 1.38 bits per heavy atom. The van der Waals surface area contributed by atoms with Crippen LogP contribution in [-0.4, -0.2) is 25.2 Å². The summed E-state index contributed by atoms with van der Waals surface area (Å²) < 4.78 is 11.0. The zero-order chi connectivity index (χ0) is 20.2. The molecule has 0 bridgehead atoms. The second kappa shape index (κ2) is 12.3. The maximum absolute atomic E-state index is 12.7. The third-order valence-electron chi connectivity index (χ3n) is 4.93. The van der Waals surface area contributed by atoms with Gasteiger partial charge in [-0.25, -0.2) is 0 Å². The van der Waals surface area contributed by atoms with Gasteiger partial charge in [-0.05, 0) is 37.0 Å². The van der Waals surface area contributed by atoms with Gasteiger partial charge in [-0.1, -0.05) is 74.1 Å². The molecule has 4 heteroatoms. The molecular weight excluding hydrogens is 328 g/mol. The van der Waals surface area contributed by atoms with Crippen LogP contribution in [0, 0.1) is 16.7 Å². The Balaban J connectivity index is 4.59. The van der Waals surface area contributed by atoms with Crippen molar-refractivity contribution in [3.8, 4) is 0 Å². The molecule has 4 nitrogen and oxygen atoms in total. The van der Waals surface area contributed by atoms with E-state index in [-0.39, 0.29) is 11.3 Å². The van der Waals surface area contributed by atoms with Crippen LogP contribution >= 0.6 is 0 Å². The Hall–Kier alpha value is -1.06. The highest BCUT2D eigenvalue weighted by Gasteiger charge is 2.46. The van der Waals surface area contributed by atoms with Crippen molar-refractivity contribution < 1.29 is 19.1 Å². The van der Waals surface area contributed by atoms with E-state index in [4.69, 9.17) is 9.47 Å². The van der Waals surface area contributed by atoms with E-state index >= 15 is 0 Å². The van der Waals surface area contributed by atoms with E-state index in [1.807, 2.05) is 13.8 Å². The van der Waals surface area contributed by atoms with Gasteiger partial charge in [0.05, 0.1) is 13.2 Å². The Labute approximate surface area is 161 Å². The molecule has 0 aromatic carbocycles. The molecule has 0 fully saturated rings. The van der Waals surface area contributed by atoms with E-state index in [2.05, 4.69) is 34.6 Å². The van der Waals surface area contributed by atoms with Crippen LogP contribution in [0.5, 0.6) is 0 Å². The minimum atomic E-state index is -1.16. The first-order chi connectivity index (χ1) is 12.1. The number of carbonyl (C=O) groups is 2. The van der Waals surface area contributed by atoms with Crippen molar-refractivity contribution in [1.29, 1.82) is 0 Å². The summed E-state index contributed by atoms with van der Waals surface area (Å²) in [5.74, 6) is -0.592. The fourth-order valence-electron chi connectivity index (χ4n) is 3.38. The van der Waals surface area contributed by atoms with Crippen molar-refractivity contribution in [2.45, 2.75) is 99.8 Å². The number of rotatable bonds is 13. The predicted octanol–water partition coefficient (Wildman–Crippen LogP) is 5.92. The quantitative estimate of drug-likeness (QED) is 0.229. The Morgan fingerprint density at radius 1 is 0.846 bits per heavy atom. The molecule has 0 spiro atoms. The van der Waals surface area contributed by atoms with Gasteiger partial charge in [0.15, 0.2) is 5.41 Å². The van der Waals surface area contributed by atoms with Gasteiger partial charge < -0.3 is 9.47 Å². The number of ether oxygens (including phenoxy) is 2. The zero-order valence-corrected chi connectivity index (χ0v) is 18.3. The smallest absolute Gasteiger partial charge is 0.323 e. The number of esters is 2. The molecular formula is C22H42O4. The summed E-state index contributed by atoms with van der Waals surface area (Å²) in [7, 11) is 0. The molecule has 0 aromatic rings. The predicted molar refractivity (Wildman–Crippen MR) is 107 cm³/mol. The summed E-state index contributed by atoms with van der Waals surface area (Å²) in [6.07, 6.45) is 7.25. The van der Waals surface area contributed by atoms with Crippen LogP contribution in [-0.2, 0) is 19.1 Å². The van der Waals surface area contributed by atoms with Crippen molar-refractivity contribution in [2.24, 2.45) is 16.7 Å². The molecule has 0 aliphatic heterocycles. The monoisotopic (exact) mass is 370 g/mol. The summed E-state index contributed by atoms with van der Waals surface area (Å²) in [5.41, 5.74) is -0.972. The first kappa shape index (κ1) is 24.9. The molecule has 0 radical (unpaired) electrons. The minimum Gasteiger partial charge on any atom is -0.465 e. The van der Waals surface area contributed by atoms with E-state index in [0.717, 1.165) is 25.7 Å². The van der Waals surface area contributed by atoms with Gasteiger partial charge in [-0.3, -0.25) is 9.59 Å². The highest BCUT2D eigenvalue weighted by atomic mass is 16.6. The van der Waals surface area contributed by atoms with Gasteiger partial charge in [-0.2, -0.15) is 0 Å². The number of carbonyl (C=O) groups excluding carboxylic acids is 2. The Kier molecular flexibility index (Phi) is 11.8. The van der Waals surface area contributed by atoms with E-state index < -0.39 is 17.4 Å². The molecule has 0 aliphatic rings. The topological polar surface area (TPSA) is 52.6 Å². The largest absolute Gasteiger partial charge is 0.465 e. The average Bonchev–Trinajstić information content (AvgIpc) is 2.56. The lowest BCUT2D eigenvalue weighted by Crippen LogP contribution is -2.41. The lowest BCUT2D eigenvalue weighted by molar-refractivity contribution is -0.174. The fraction of sp³-hybridized carbons (Fsp3) is 0.909. The molecule has 1 atom stereocenters. The van der Waals surface area contributed by atoms with Crippen LogP contribution in [0.4, 0.5) is 0 Å². The standard InChI is InChI=1S/C22H42O4/c1-8-11-12-13-14-15-25-19(23)22(9-2,10-3)20(24)26-17-18(4)16-21(5,6)7/h18H,8-17H2,1-7H3. The molecule has 1 unspecified atom stereocenters.